The molecule has 0 unspecified atom stereocenters. The molecule has 18 heavy (non-hydrogen) atoms. The number of nitrogens with zero attached hydrogens (tertiary/aromatic N) is 2. The lowest BCUT2D eigenvalue weighted by molar-refractivity contribution is -0.115. The summed E-state index contributed by atoms with van der Waals surface area (Å²) in [4.78, 5) is 20.8. The molecule has 1 aliphatic rings. The number of rotatable bonds is 0. The molecule has 2 heterocycles. The Balaban J connectivity index is 2.65. The van der Waals surface area contributed by atoms with Crippen molar-refractivity contribution in [2.45, 2.75) is 58.8 Å². The van der Waals surface area contributed by atoms with Gasteiger partial charge >= 0.3 is 0 Å². The van der Waals surface area contributed by atoms with E-state index in [9.17, 15) is 4.79 Å². The first-order chi connectivity index (χ1) is 8.09. The maximum Gasteiger partial charge on any atom is 0.231 e. The van der Waals surface area contributed by atoms with E-state index in [2.05, 4.69) is 51.8 Å². The Labute approximate surface area is 108 Å². The highest BCUT2D eigenvalue weighted by molar-refractivity contribution is 5.97. The summed E-state index contributed by atoms with van der Waals surface area (Å²) in [5.41, 5.74) is 2.58. The summed E-state index contributed by atoms with van der Waals surface area (Å²) in [5, 5.41) is 2.78. The van der Waals surface area contributed by atoms with Gasteiger partial charge in [-0.05, 0) is 0 Å². The lowest BCUT2D eigenvalue weighted by Gasteiger charge is -2.28. The molecular weight excluding hydrogens is 226 g/mol. The average molecular weight is 247 g/mol. The van der Waals surface area contributed by atoms with Crippen molar-refractivity contribution in [2.75, 3.05) is 5.32 Å². The number of nitrogens with one attached hydrogen (secondary N) is 1. The van der Waals surface area contributed by atoms with Crippen LogP contribution in [0.4, 0.5) is 5.82 Å². The largest absolute Gasteiger partial charge is 0.309 e. The van der Waals surface area contributed by atoms with Crippen molar-refractivity contribution < 1.29 is 4.79 Å². The lowest BCUT2D eigenvalue weighted by atomic mass is 9.81. The van der Waals surface area contributed by atoms with Crippen LogP contribution in [0.5, 0.6) is 0 Å². The number of hydrogen-bond donors (Lipinski definition) is 1. The van der Waals surface area contributed by atoms with Crippen molar-refractivity contribution in [3.8, 4) is 0 Å². The third-order valence-corrected chi connectivity index (χ3v) is 2.97. The van der Waals surface area contributed by atoms with E-state index >= 15 is 0 Å². The van der Waals surface area contributed by atoms with Gasteiger partial charge in [0.25, 0.3) is 0 Å². The second kappa shape index (κ2) is 3.77. The molecule has 4 heteroatoms. The van der Waals surface area contributed by atoms with E-state index in [1.54, 1.807) is 0 Å². The van der Waals surface area contributed by atoms with Crippen LogP contribution >= 0.6 is 0 Å². The zero-order valence-electron chi connectivity index (χ0n) is 12.0. The predicted molar refractivity (Wildman–Crippen MR) is 71.8 cm³/mol. The monoisotopic (exact) mass is 247 g/mol. The normalized spacial score (nSPS) is 15.6. The summed E-state index contributed by atoms with van der Waals surface area (Å²) in [7, 11) is 0. The SMILES string of the molecule is CC(C)(C)c1nc2c(nc1C(C)(C)C)NC(=O)C2. The number of fused-ring (bicyclic) bond motifs is 1. The summed E-state index contributed by atoms with van der Waals surface area (Å²) in [6.07, 6.45) is 0.343. The van der Waals surface area contributed by atoms with Gasteiger partial charge < -0.3 is 5.32 Å². The molecule has 98 valence electrons. The summed E-state index contributed by atoms with van der Waals surface area (Å²) in [6.45, 7) is 12.7. The van der Waals surface area contributed by atoms with Crippen LogP contribution < -0.4 is 5.32 Å². The van der Waals surface area contributed by atoms with Crippen molar-refractivity contribution in [1.29, 1.82) is 0 Å². The second-order valence-electron chi connectivity index (χ2n) is 6.94. The van der Waals surface area contributed by atoms with E-state index in [0.29, 0.717) is 12.2 Å². The van der Waals surface area contributed by atoms with Crippen LogP contribution in [0.25, 0.3) is 0 Å². The Kier molecular flexibility index (Phi) is 2.72. The molecular formula is C14H21N3O. The fourth-order valence-corrected chi connectivity index (χ4v) is 2.07. The fourth-order valence-electron chi connectivity index (χ4n) is 2.07. The number of anilines is 1. The van der Waals surface area contributed by atoms with Gasteiger partial charge in [-0.3, -0.25) is 9.78 Å². The Hall–Kier alpha value is -1.45. The average Bonchev–Trinajstić information content (AvgIpc) is 2.52. The maximum absolute atomic E-state index is 11.4. The Morgan fingerprint density at radius 1 is 0.944 bits per heavy atom. The molecule has 0 atom stereocenters. The topological polar surface area (TPSA) is 54.9 Å². The van der Waals surface area contributed by atoms with E-state index in [4.69, 9.17) is 4.98 Å². The van der Waals surface area contributed by atoms with Gasteiger partial charge in [-0.2, -0.15) is 0 Å². The number of hydrogen-bond acceptors (Lipinski definition) is 3. The van der Waals surface area contributed by atoms with Gasteiger partial charge in [0.05, 0.1) is 23.5 Å². The molecule has 0 radical (unpaired) electrons. The Morgan fingerprint density at radius 3 is 1.94 bits per heavy atom. The van der Waals surface area contributed by atoms with Crippen molar-refractivity contribution >= 4 is 11.7 Å². The van der Waals surface area contributed by atoms with Gasteiger partial charge in [-0.15, -0.1) is 0 Å². The van der Waals surface area contributed by atoms with Crippen molar-refractivity contribution in [3.63, 3.8) is 0 Å². The molecule has 1 aromatic heterocycles. The van der Waals surface area contributed by atoms with Crippen LogP contribution in [-0.2, 0) is 22.0 Å². The molecule has 0 fully saturated rings. The Morgan fingerprint density at radius 2 is 1.44 bits per heavy atom. The van der Waals surface area contributed by atoms with E-state index in [1.165, 1.54) is 0 Å². The van der Waals surface area contributed by atoms with E-state index < -0.39 is 0 Å². The molecule has 0 aromatic carbocycles. The predicted octanol–water partition coefficient (Wildman–Crippen LogP) is 2.57. The minimum atomic E-state index is -0.0854. The van der Waals surface area contributed by atoms with Gasteiger partial charge in [0.1, 0.15) is 0 Å². The Bertz CT molecular complexity index is 462. The molecule has 1 aliphatic heterocycles. The van der Waals surface area contributed by atoms with Gasteiger partial charge in [0, 0.05) is 10.8 Å². The molecule has 0 bridgehead atoms. The molecule has 2 rings (SSSR count). The number of aromatic nitrogens is 2. The first-order valence-corrected chi connectivity index (χ1v) is 6.31. The van der Waals surface area contributed by atoms with Crippen LogP contribution in [-0.4, -0.2) is 15.9 Å². The number of carbonyl (C=O) groups excluding carboxylic acids is 1. The van der Waals surface area contributed by atoms with E-state index in [1.807, 2.05) is 0 Å². The molecule has 4 nitrogen and oxygen atoms in total. The highest BCUT2D eigenvalue weighted by Crippen LogP contribution is 2.34. The van der Waals surface area contributed by atoms with E-state index in [-0.39, 0.29) is 16.7 Å². The minimum absolute atomic E-state index is 0.0177. The zero-order valence-corrected chi connectivity index (χ0v) is 12.0. The third-order valence-electron chi connectivity index (χ3n) is 2.97. The van der Waals surface area contributed by atoms with Gasteiger partial charge in [0.15, 0.2) is 5.82 Å². The number of amides is 1. The smallest absolute Gasteiger partial charge is 0.231 e. The molecule has 1 N–H and O–H groups in total. The van der Waals surface area contributed by atoms with E-state index in [0.717, 1.165) is 17.1 Å². The first-order valence-electron chi connectivity index (χ1n) is 6.31. The summed E-state index contributed by atoms with van der Waals surface area (Å²) < 4.78 is 0. The van der Waals surface area contributed by atoms with Crippen LogP contribution in [0.15, 0.2) is 0 Å². The molecule has 0 saturated carbocycles. The van der Waals surface area contributed by atoms with Gasteiger partial charge in [-0.25, -0.2) is 4.98 Å². The minimum Gasteiger partial charge on any atom is -0.309 e. The maximum atomic E-state index is 11.4. The number of carbonyl (C=O) groups is 1. The second-order valence-corrected chi connectivity index (χ2v) is 6.94. The van der Waals surface area contributed by atoms with Gasteiger partial charge in [-0.1, -0.05) is 41.5 Å². The standard InChI is InChI=1S/C14H21N3O/c1-13(2,3)10-11(14(4,5)6)17-12-8(15-10)7-9(18)16-12/h7H2,1-6H3,(H,16,17,18). The summed E-state index contributed by atoms with van der Waals surface area (Å²) in [6, 6.07) is 0. The van der Waals surface area contributed by atoms with Crippen molar-refractivity contribution in [3.05, 3.63) is 17.1 Å². The molecule has 1 aromatic rings. The fraction of sp³-hybridized carbons (Fsp3) is 0.643. The lowest BCUT2D eigenvalue weighted by Crippen LogP contribution is -2.26. The third kappa shape index (κ3) is 2.24. The van der Waals surface area contributed by atoms with Crippen LogP contribution in [0.2, 0.25) is 0 Å². The molecule has 0 spiro atoms. The first kappa shape index (κ1) is 13.0. The molecule has 0 aliphatic carbocycles. The summed E-state index contributed by atoms with van der Waals surface area (Å²) in [5.74, 6) is 0.619. The highest BCUT2D eigenvalue weighted by Gasteiger charge is 2.32. The zero-order chi connectivity index (χ0) is 13.7. The van der Waals surface area contributed by atoms with Crippen LogP contribution in [0.1, 0.15) is 58.6 Å². The molecule has 1 amide bonds. The van der Waals surface area contributed by atoms with Crippen LogP contribution in [0.3, 0.4) is 0 Å². The highest BCUT2D eigenvalue weighted by atomic mass is 16.1. The van der Waals surface area contributed by atoms with Crippen molar-refractivity contribution in [2.24, 2.45) is 0 Å². The summed E-state index contributed by atoms with van der Waals surface area (Å²) >= 11 is 0. The molecule has 0 saturated heterocycles. The van der Waals surface area contributed by atoms with Crippen molar-refractivity contribution in [1.82, 2.24) is 9.97 Å². The van der Waals surface area contributed by atoms with Crippen LogP contribution in [0, 0.1) is 0 Å². The van der Waals surface area contributed by atoms with Gasteiger partial charge in [0.2, 0.25) is 5.91 Å². The quantitative estimate of drug-likeness (QED) is 0.766.